The second-order valence-corrected chi connectivity index (χ2v) is 9.43. The van der Waals surface area contributed by atoms with Crippen molar-refractivity contribution in [3.8, 4) is 11.5 Å². The zero-order valence-electron chi connectivity index (χ0n) is 7.64. The number of hydrogen-bond acceptors (Lipinski definition) is 2. The van der Waals surface area contributed by atoms with Crippen molar-refractivity contribution < 1.29 is 5.11 Å². The molecule has 1 unspecified atom stereocenters. The number of hydrogen-bond donors (Lipinski definition) is 1. The van der Waals surface area contributed by atoms with Crippen molar-refractivity contribution >= 4 is 19.8 Å². The Bertz CT molecular complexity index is 163. The third kappa shape index (κ3) is 7.99. The molecule has 0 fully saturated rings. The van der Waals surface area contributed by atoms with Crippen LogP contribution in [0.3, 0.4) is 0 Å². The number of aliphatic hydroxyl groups excluding tert-OH is 1. The standard InChI is InChI=1S/C8H16OSSi/c1-5-10-8(9)6-7-11(2,3)4/h8-9H,5H2,1-4H3. The molecule has 0 bridgehead atoms. The van der Waals surface area contributed by atoms with E-state index in [9.17, 15) is 5.11 Å². The summed E-state index contributed by atoms with van der Waals surface area (Å²) in [6.45, 7) is 8.53. The third-order valence-electron chi connectivity index (χ3n) is 0.895. The van der Waals surface area contributed by atoms with E-state index in [-0.39, 0.29) is 0 Å². The maximum absolute atomic E-state index is 9.22. The molecule has 1 atom stereocenters. The van der Waals surface area contributed by atoms with E-state index in [1.54, 1.807) is 0 Å². The van der Waals surface area contributed by atoms with E-state index in [1.165, 1.54) is 11.8 Å². The molecule has 0 saturated carbocycles. The van der Waals surface area contributed by atoms with Gasteiger partial charge in [-0.15, -0.1) is 17.3 Å². The van der Waals surface area contributed by atoms with Gasteiger partial charge < -0.3 is 5.11 Å². The van der Waals surface area contributed by atoms with Crippen LogP contribution in [0.2, 0.25) is 19.6 Å². The smallest absolute Gasteiger partial charge is 0.160 e. The summed E-state index contributed by atoms with van der Waals surface area (Å²) < 4.78 is 0. The molecule has 1 nitrogen and oxygen atoms in total. The Kier molecular flexibility index (Phi) is 4.90. The molecule has 0 amide bonds. The van der Waals surface area contributed by atoms with Crippen molar-refractivity contribution in [3.05, 3.63) is 0 Å². The summed E-state index contributed by atoms with van der Waals surface area (Å²) in [5, 5.41) is 9.22. The highest BCUT2D eigenvalue weighted by Gasteiger charge is 2.08. The summed E-state index contributed by atoms with van der Waals surface area (Å²) in [5.41, 5.74) is 2.64. The van der Waals surface area contributed by atoms with Gasteiger partial charge in [0.1, 0.15) is 8.07 Å². The van der Waals surface area contributed by atoms with Crippen LogP contribution >= 0.6 is 11.8 Å². The van der Waals surface area contributed by atoms with Crippen molar-refractivity contribution in [2.24, 2.45) is 0 Å². The van der Waals surface area contributed by atoms with Gasteiger partial charge in [-0.2, -0.15) is 0 Å². The van der Waals surface area contributed by atoms with Crippen LogP contribution in [0.25, 0.3) is 0 Å². The molecule has 11 heavy (non-hydrogen) atoms. The van der Waals surface area contributed by atoms with Crippen molar-refractivity contribution in [3.63, 3.8) is 0 Å². The lowest BCUT2D eigenvalue weighted by molar-refractivity contribution is 0.318. The highest BCUT2D eigenvalue weighted by atomic mass is 32.2. The Morgan fingerprint density at radius 2 is 2.00 bits per heavy atom. The first-order chi connectivity index (χ1) is 4.95. The monoisotopic (exact) mass is 188 g/mol. The zero-order chi connectivity index (χ0) is 8.91. The van der Waals surface area contributed by atoms with Crippen molar-refractivity contribution in [2.75, 3.05) is 5.75 Å². The summed E-state index contributed by atoms with van der Waals surface area (Å²) in [5.74, 6) is 3.77. The van der Waals surface area contributed by atoms with Crippen molar-refractivity contribution in [1.29, 1.82) is 0 Å². The predicted octanol–water partition coefficient (Wildman–Crippen LogP) is 1.94. The summed E-state index contributed by atoms with van der Waals surface area (Å²) in [7, 11) is -1.28. The summed E-state index contributed by atoms with van der Waals surface area (Å²) in [4.78, 5) is 0. The van der Waals surface area contributed by atoms with Crippen LogP contribution in [0.5, 0.6) is 0 Å². The molecular weight excluding hydrogens is 172 g/mol. The highest BCUT2D eigenvalue weighted by molar-refractivity contribution is 7.99. The SMILES string of the molecule is CCSC(O)C#C[Si](C)(C)C. The van der Waals surface area contributed by atoms with Crippen molar-refractivity contribution in [2.45, 2.75) is 32.0 Å². The topological polar surface area (TPSA) is 20.2 Å². The third-order valence-corrected chi connectivity index (χ3v) is 2.56. The Hall–Kier alpha value is 0.0869. The lowest BCUT2D eigenvalue weighted by Gasteiger charge is -2.05. The van der Waals surface area contributed by atoms with Gasteiger partial charge in [-0.05, 0) is 5.75 Å². The molecule has 0 aliphatic heterocycles. The maximum atomic E-state index is 9.22. The molecule has 0 saturated heterocycles. The van der Waals surface area contributed by atoms with Gasteiger partial charge in [0.15, 0.2) is 5.44 Å². The van der Waals surface area contributed by atoms with Crippen LogP contribution in [0, 0.1) is 11.5 Å². The van der Waals surface area contributed by atoms with Gasteiger partial charge in [0.2, 0.25) is 0 Å². The molecule has 0 radical (unpaired) electrons. The first-order valence-corrected chi connectivity index (χ1v) is 8.33. The molecule has 1 N–H and O–H groups in total. The Morgan fingerprint density at radius 3 is 2.36 bits per heavy atom. The minimum absolute atomic E-state index is 0.480. The molecule has 0 aliphatic carbocycles. The quantitative estimate of drug-likeness (QED) is 0.406. The Morgan fingerprint density at radius 1 is 1.45 bits per heavy atom. The average molecular weight is 188 g/mol. The highest BCUT2D eigenvalue weighted by Crippen LogP contribution is 2.06. The lowest BCUT2D eigenvalue weighted by Crippen LogP contribution is -2.17. The van der Waals surface area contributed by atoms with E-state index in [2.05, 4.69) is 31.1 Å². The van der Waals surface area contributed by atoms with E-state index < -0.39 is 13.5 Å². The summed E-state index contributed by atoms with van der Waals surface area (Å²) in [6.07, 6.45) is 0. The summed E-state index contributed by atoms with van der Waals surface area (Å²) >= 11 is 1.48. The van der Waals surface area contributed by atoms with E-state index >= 15 is 0 Å². The summed E-state index contributed by atoms with van der Waals surface area (Å²) in [6, 6.07) is 0. The first-order valence-electron chi connectivity index (χ1n) is 3.78. The van der Waals surface area contributed by atoms with E-state index in [4.69, 9.17) is 0 Å². The van der Waals surface area contributed by atoms with Crippen molar-refractivity contribution in [1.82, 2.24) is 0 Å². The van der Waals surface area contributed by atoms with Gasteiger partial charge in [-0.1, -0.05) is 32.5 Å². The first kappa shape index (κ1) is 11.1. The van der Waals surface area contributed by atoms with Gasteiger partial charge in [-0.25, -0.2) is 0 Å². The van der Waals surface area contributed by atoms with E-state index in [1.807, 2.05) is 6.92 Å². The number of rotatable bonds is 2. The molecule has 0 spiro atoms. The maximum Gasteiger partial charge on any atom is 0.160 e. The second-order valence-electron chi connectivity index (χ2n) is 3.33. The van der Waals surface area contributed by atoms with E-state index in [0.29, 0.717) is 0 Å². The minimum atomic E-state index is -1.28. The molecule has 0 aromatic carbocycles. The molecule has 0 heterocycles. The molecule has 3 heteroatoms. The molecule has 0 rings (SSSR count). The molecule has 64 valence electrons. The molecular formula is C8H16OSSi. The molecule has 0 aliphatic rings. The van der Waals surface area contributed by atoms with Crippen LogP contribution in [-0.2, 0) is 0 Å². The predicted molar refractivity (Wildman–Crippen MR) is 55.3 cm³/mol. The van der Waals surface area contributed by atoms with Gasteiger partial charge in [0, 0.05) is 0 Å². The fraction of sp³-hybridized carbons (Fsp3) is 0.750. The largest absolute Gasteiger partial charge is 0.371 e. The van der Waals surface area contributed by atoms with Crippen LogP contribution in [-0.4, -0.2) is 24.4 Å². The van der Waals surface area contributed by atoms with Gasteiger partial charge in [-0.3, -0.25) is 0 Å². The van der Waals surface area contributed by atoms with Gasteiger partial charge in [0.25, 0.3) is 0 Å². The number of thioether (sulfide) groups is 1. The van der Waals surface area contributed by atoms with Crippen LogP contribution < -0.4 is 0 Å². The van der Waals surface area contributed by atoms with Gasteiger partial charge >= 0.3 is 0 Å². The van der Waals surface area contributed by atoms with Crippen LogP contribution in [0.15, 0.2) is 0 Å². The molecule has 0 aromatic heterocycles. The molecule has 0 aromatic rings. The average Bonchev–Trinajstić information content (AvgIpc) is 1.83. The normalized spacial score (nSPS) is 13.5. The minimum Gasteiger partial charge on any atom is -0.371 e. The van der Waals surface area contributed by atoms with Gasteiger partial charge in [0.05, 0.1) is 0 Å². The Labute approximate surface area is 74.6 Å². The van der Waals surface area contributed by atoms with Crippen LogP contribution in [0.1, 0.15) is 6.92 Å². The zero-order valence-corrected chi connectivity index (χ0v) is 9.46. The Balaban J connectivity index is 3.87. The fourth-order valence-electron chi connectivity index (χ4n) is 0.478. The lowest BCUT2D eigenvalue weighted by atomic mass is 10.8. The second kappa shape index (κ2) is 4.86. The number of aliphatic hydroxyl groups is 1. The van der Waals surface area contributed by atoms with E-state index in [0.717, 1.165) is 5.75 Å². The fourth-order valence-corrected chi connectivity index (χ4v) is 1.61. The van der Waals surface area contributed by atoms with Crippen LogP contribution in [0.4, 0.5) is 0 Å².